The largest absolute Gasteiger partial charge is 0.339 e. The van der Waals surface area contributed by atoms with E-state index in [4.69, 9.17) is 0 Å². The van der Waals surface area contributed by atoms with Crippen molar-refractivity contribution in [2.75, 3.05) is 20.1 Å². The molecule has 1 aromatic rings. The van der Waals surface area contributed by atoms with Gasteiger partial charge in [-0.1, -0.05) is 12.1 Å². The van der Waals surface area contributed by atoms with E-state index in [-0.39, 0.29) is 5.91 Å². The van der Waals surface area contributed by atoms with Crippen molar-refractivity contribution in [1.82, 2.24) is 10.2 Å². The zero-order valence-corrected chi connectivity index (χ0v) is 12.3. The van der Waals surface area contributed by atoms with Gasteiger partial charge in [-0.2, -0.15) is 0 Å². The van der Waals surface area contributed by atoms with Crippen LogP contribution in [0.1, 0.15) is 47.2 Å². The predicted molar refractivity (Wildman–Crippen MR) is 81.1 cm³/mol. The molecule has 108 valence electrons. The monoisotopic (exact) mass is 272 g/mol. The van der Waals surface area contributed by atoms with Gasteiger partial charge in [0.2, 0.25) is 0 Å². The minimum Gasteiger partial charge on any atom is -0.339 e. The second kappa shape index (κ2) is 5.96. The number of amides is 1. The standard InChI is InChI=1S/C17H24N2O/c1-19(14-7-4-11-18-12-10-14)17(20)16-9-3-6-13-5-2-8-15(13)16/h3,6,9,14,18H,2,4-5,7-8,10-12H2,1H3. The lowest BCUT2D eigenvalue weighted by Gasteiger charge is -2.28. The van der Waals surface area contributed by atoms with E-state index in [1.165, 1.54) is 17.5 Å². The Morgan fingerprint density at radius 1 is 1.20 bits per heavy atom. The number of benzene rings is 1. The summed E-state index contributed by atoms with van der Waals surface area (Å²) in [5, 5.41) is 3.41. The third kappa shape index (κ3) is 2.59. The summed E-state index contributed by atoms with van der Waals surface area (Å²) in [5.41, 5.74) is 3.63. The first-order chi connectivity index (χ1) is 9.77. The highest BCUT2D eigenvalue weighted by atomic mass is 16.2. The number of rotatable bonds is 2. The van der Waals surface area contributed by atoms with Crippen LogP contribution in [0.25, 0.3) is 0 Å². The molecule has 1 amide bonds. The molecule has 1 aromatic carbocycles. The second-order valence-electron chi connectivity index (χ2n) is 6.05. The molecule has 3 rings (SSSR count). The Hall–Kier alpha value is -1.35. The van der Waals surface area contributed by atoms with Crippen molar-refractivity contribution in [3.05, 3.63) is 34.9 Å². The van der Waals surface area contributed by atoms with Crippen molar-refractivity contribution in [1.29, 1.82) is 0 Å². The van der Waals surface area contributed by atoms with Crippen molar-refractivity contribution in [2.24, 2.45) is 0 Å². The molecule has 1 atom stereocenters. The van der Waals surface area contributed by atoms with Crippen molar-refractivity contribution in [2.45, 2.75) is 44.6 Å². The lowest BCUT2D eigenvalue weighted by atomic mass is 10.0. The van der Waals surface area contributed by atoms with E-state index in [2.05, 4.69) is 11.4 Å². The molecular weight excluding hydrogens is 248 g/mol. The molecule has 1 unspecified atom stereocenters. The van der Waals surface area contributed by atoms with E-state index < -0.39 is 0 Å². The molecule has 2 aliphatic rings. The summed E-state index contributed by atoms with van der Waals surface area (Å²) in [6.07, 6.45) is 6.73. The van der Waals surface area contributed by atoms with Crippen LogP contribution >= 0.6 is 0 Å². The molecule has 0 bridgehead atoms. The van der Waals surface area contributed by atoms with Crippen molar-refractivity contribution in [3.8, 4) is 0 Å². The molecule has 1 saturated heterocycles. The van der Waals surface area contributed by atoms with Crippen LogP contribution in [-0.4, -0.2) is 37.0 Å². The lowest BCUT2D eigenvalue weighted by Crippen LogP contribution is -2.38. The summed E-state index contributed by atoms with van der Waals surface area (Å²) in [7, 11) is 1.98. The fraction of sp³-hybridized carbons (Fsp3) is 0.588. The second-order valence-corrected chi connectivity index (χ2v) is 6.05. The van der Waals surface area contributed by atoms with Gasteiger partial charge >= 0.3 is 0 Å². The van der Waals surface area contributed by atoms with E-state index in [1.807, 2.05) is 24.1 Å². The first kappa shape index (κ1) is 13.6. The van der Waals surface area contributed by atoms with E-state index >= 15 is 0 Å². The molecular formula is C17H24N2O. The average molecular weight is 272 g/mol. The van der Waals surface area contributed by atoms with Gasteiger partial charge in [0.15, 0.2) is 0 Å². The number of fused-ring (bicyclic) bond motifs is 1. The van der Waals surface area contributed by atoms with Crippen molar-refractivity contribution >= 4 is 5.91 Å². The zero-order valence-electron chi connectivity index (χ0n) is 12.3. The summed E-state index contributed by atoms with van der Waals surface area (Å²) in [5.74, 6) is 0.218. The van der Waals surface area contributed by atoms with Crippen LogP contribution in [0, 0.1) is 0 Å². The number of carbonyl (C=O) groups excluding carboxylic acids is 1. The molecule has 3 heteroatoms. The first-order valence-corrected chi connectivity index (χ1v) is 7.86. The highest BCUT2D eigenvalue weighted by Crippen LogP contribution is 2.27. The number of nitrogens with zero attached hydrogens (tertiary/aromatic N) is 1. The number of hydrogen-bond donors (Lipinski definition) is 1. The van der Waals surface area contributed by atoms with Gasteiger partial charge in [-0.15, -0.1) is 0 Å². The molecule has 1 aliphatic carbocycles. The van der Waals surface area contributed by atoms with Gasteiger partial charge in [0.05, 0.1) is 0 Å². The summed E-state index contributed by atoms with van der Waals surface area (Å²) in [6.45, 7) is 2.11. The summed E-state index contributed by atoms with van der Waals surface area (Å²) in [6, 6.07) is 6.61. The Morgan fingerprint density at radius 2 is 2.10 bits per heavy atom. The minimum absolute atomic E-state index is 0.218. The lowest BCUT2D eigenvalue weighted by molar-refractivity contribution is 0.0719. The molecule has 0 saturated carbocycles. The molecule has 0 aromatic heterocycles. The van der Waals surface area contributed by atoms with Gasteiger partial charge in [0.1, 0.15) is 0 Å². The third-order valence-corrected chi connectivity index (χ3v) is 4.79. The minimum atomic E-state index is 0.218. The quantitative estimate of drug-likeness (QED) is 0.896. The molecule has 0 spiro atoms. The Morgan fingerprint density at radius 3 is 3.00 bits per heavy atom. The van der Waals surface area contributed by atoms with Crippen LogP contribution in [-0.2, 0) is 12.8 Å². The van der Waals surface area contributed by atoms with Gasteiger partial charge < -0.3 is 10.2 Å². The molecule has 1 heterocycles. The van der Waals surface area contributed by atoms with Crippen molar-refractivity contribution in [3.63, 3.8) is 0 Å². The van der Waals surface area contributed by atoms with E-state index in [1.54, 1.807) is 0 Å². The number of aryl methyl sites for hydroxylation is 1. The van der Waals surface area contributed by atoms with Crippen LogP contribution in [0.4, 0.5) is 0 Å². The van der Waals surface area contributed by atoms with E-state index in [9.17, 15) is 4.79 Å². The van der Waals surface area contributed by atoms with Crippen LogP contribution in [0.5, 0.6) is 0 Å². The van der Waals surface area contributed by atoms with Crippen LogP contribution < -0.4 is 5.32 Å². The van der Waals surface area contributed by atoms with Gasteiger partial charge in [0, 0.05) is 18.7 Å². The van der Waals surface area contributed by atoms with Crippen LogP contribution in [0.2, 0.25) is 0 Å². The predicted octanol–water partition coefficient (Wildman–Crippen LogP) is 2.39. The van der Waals surface area contributed by atoms with Gasteiger partial charge in [-0.05, 0) is 68.8 Å². The first-order valence-electron chi connectivity index (χ1n) is 7.86. The highest BCUT2D eigenvalue weighted by Gasteiger charge is 2.25. The Labute approximate surface area is 121 Å². The molecule has 3 nitrogen and oxygen atoms in total. The smallest absolute Gasteiger partial charge is 0.254 e. The maximum absolute atomic E-state index is 12.8. The summed E-state index contributed by atoms with van der Waals surface area (Å²) in [4.78, 5) is 14.8. The SMILES string of the molecule is CN(C(=O)c1cccc2c1CCC2)C1CCCNCC1. The fourth-order valence-corrected chi connectivity index (χ4v) is 3.56. The Kier molecular flexibility index (Phi) is 4.06. The Bertz CT molecular complexity index is 490. The maximum Gasteiger partial charge on any atom is 0.254 e. The fourth-order valence-electron chi connectivity index (χ4n) is 3.56. The summed E-state index contributed by atoms with van der Waals surface area (Å²) < 4.78 is 0. The Balaban J connectivity index is 1.79. The molecule has 1 fully saturated rings. The third-order valence-electron chi connectivity index (χ3n) is 4.79. The van der Waals surface area contributed by atoms with E-state index in [0.29, 0.717) is 6.04 Å². The molecule has 1 N–H and O–H groups in total. The average Bonchev–Trinajstić information content (AvgIpc) is 2.79. The molecule has 20 heavy (non-hydrogen) atoms. The maximum atomic E-state index is 12.8. The highest BCUT2D eigenvalue weighted by molar-refractivity contribution is 5.96. The van der Waals surface area contributed by atoms with Gasteiger partial charge in [-0.3, -0.25) is 4.79 Å². The number of nitrogens with one attached hydrogen (secondary N) is 1. The number of carbonyl (C=O) groups is 1. The zero-order chi connectivity index (χ0) is 13.9. The van der Waals surface area contributed by atoms with Crippen LogP contribution in [0.15, 0.2) is 18.2 Å². The summed E-state index contributed by atoms with van der Waals surface area (Å²) >= 11 is 0. The molecule has 1 aliphatic heterocycles. The van der Waals surface area contributed by atoms with E-state index in [0.717, 1.165) is 50.8 Å². The normalized spacial score (nSPS) is 22.1. The number of hydrogen-bond acceptors (Lipinski definition) is 2. The molecule has 0 radical (unpaired) electrons. The van der Waals surface area contributed by atoms with Crippen LogP contribution in [0.3, 0.4) is 0 Å². The van der Waals surface area contributed by atoms with Gasteiger partial charge in [0.25, 0.3) is 5.91 Å². The van der Waals surface area contributed by atoms with Gasteiger partial charge in [-0.25, -0.2) is 0 Å². The van der Waals surface area contributed by atoms with Crippen molar-refractivity contribution < 1.29 is 4.79 Å². The topological polar surface area (TPSA) is 32.3 Å².